The van der Waals surface area contributed by atoms with Crippen LogP contribution in [-0.4, -0.2) is 35.7 Å². The van der Waals surface area contributed by atoms with E-state index < -0.39 is 0 Å². The highest BCUT2D eigenvalue weighted by atomic mass is 16.3. The van der Waals surface area contributed by atoms with Gasteiger partial charge in [-0.15, -0.1) is 0 Å². The fraction of sp³-hybridized carbons (Fsp3) is 1.00. The molecule has 1 aliphatic rings. The second-order valence-corrected chi connectivity index (χ2v) is 5.45. The zero-order chi connectivity index (χ0) is 11.4. The van der Waals surface area contributed by atoms with E-state index in [1.807, 2.05) is 0 Å². The fourth-order valence-corrected chi connectivity index (χ4v) is 3.09. The van der Waals surface area contributed by atoms with E-state index >= 15 is 0 Å². The van der Waals surface area contributed by atoms with E-state index in [0.717, 1.165) is 13.0 Å². The third-order valence-electron chi connectivity index (χ3n) is 3.77. The average molecular weight is 213 g/mol. The molecule has 0 heterocycles. The molecule has 0 aromatic carbocycles. The summed E-state index contributed by atoms with van der Waals surface area (Å²) in [6, 6.07) is 0.382. The standard InChI is InChI=1S/C13H27NO/c1-5-6-7-14(4)13-11(3)8-10(2)9-12(13)15/h10-13,15H,5-9H2,1-4H3. The van der Waals surface area contributed by atoms with Gasteiger partial charge in [0.15, 0.2) is 0 Å². The molecule has 1 N–H and O–H groups in total. The van der Waals surface area contributed by atoms with Gasteiger partial charge in [0.2, 0.25) is 0 Å². The maximum Gasteiger partial charge on any atom is 0.0700 e. The summed E-state index contributed by atoms with van der Waals surface area (Å²) in [5.74, 6) is 1.32. The van der Waals surface area contributed by atoms with Crippen LogP contribution in [0.15, 0.2) is 0 Å². The third-order valence-corrected chi connectivity index (χ3v) is 3.77. The molecule has 90 valence electrons. The molecule has 0 spiro atoms. The molecular weight excluding hydrogens is 186 g/mol. The lowest BCUT2D eigenvalue weighted by molar-refractivity contribution is -0.0143. The summed E-state index contributed by atoms with van der Waals surface area (Å²) < 4.78 is 0. The lowest BCUT2D eigenvalue weighted by Gasteiger charge is -2.42. The monoisotopic (exact) mass is 213 g/mol. The van der Waals surface area contributed by atoms with Gasteiger partial charge < -0.3 is 10.0 Å². The second kappa shape index (κ2) is 5.86. The third kappa shape index (κ3) is 3.46. The Balaban J connectivity index is 2.50. The van der Waals surface area contributed by atoms with Gasteiger partial charge in [-0.25, -0.2) is 0 Å². The minimum atomic E-state index is -0.120. The molecule has 0 aromatic heterocycles. The number of rotatable bonds is 4. The Morgan fingerprint density at radius 3 is 2.47 bits per heavy atom. The summed E-state index contributed by atoms with van der Waals surface area (Å²) in [5.41, 5.74) is 0. The van der Waals surface area contributed by atoms with Crippen LogP contribution in [0.4, 0.5) is 0 Å². The SMILES string of the molecule is CCCCN(C)C1C(C)CC(C)CC1O. The van der Waals surface area contributed by atoms with E-state index in [0.29, 0.717) is 17.9 Å². The van der Waals surface area contributed by atoms with E-state index in [-0.39, 0.29) is 6.10 Å². The van der Waals surface area contributed by atoms with E-state index in [9.17, 15) is 5.11 Å². The highest BCUT2D eigenvalue weighted by Crippen LogP contribution is 2.31. The van der Waals surface area contributed by atoms with Crippen molar-refractivity contribution in [2.24, 2.45) is 11.8 Å². The van der Waals surface area contributed by atoms with Crippen LogP contribution in [0.25, 0.3) is 0 Å². The number of hydrogen-bond acceptors (Lipinski definition) is 2. The van der Waals surface area contributed by atoms with E-state index in [1.165, 1.54) is 19.3 Å². The van der Waals surface area contributed by atoms with Gasteiger partial charge in [-0.05, 0) is 44.7 Å². The number of aliphatic hydroxyl groups excluding tert-OH is 1. The topological polar surface area (TPSA) is 23.5 Å². The quantitative estimate of drug-likeness (QED) is 0.775. The van der Waals surface area contributed by atoms with Gasteiger partial charge >= 0.3 is 0 Å². The van der Waals surface area contributed by atoms with Gasteiger partial charge in [-0.2, -0.15) is 0 Å². The Hall–Kier alpha value is -0.0800. The number of likely N-dealkylation sites (N-methyl/N-ethyl adjacent to an activating group) is 1. The molecule has 1 aliphatic carbocycles. The Bertz CT molecular complexity index is 171. The largest absolute Gasteiger partial charge is 0.391 e. The van der Waals surface area contributed by atoms with Crippen LogP contribution < -0.4 is 0 Å². The van der Waals surface area contributed by atoms with Crippen molar-refractivity contribution in [3.05, 3.63) is 0 Å². The summed E-state index contributed by atoms with van der Waals surface area (Å²) in [7, 11) is 2.16. The van der Waals surface area contributed by atoms with E-state index in [4.69, 9.17) is 0 Å². The van der Waals surface area contributed by atoms with E-state index in [2.05, 4.69) is 32.7 Å². The van der Waals surface area contributed by atoms with Gasteiger partial charge in [0.05, 0.1) is 6.10 Å². The van der Waals surface area contributed by atoms with Crippen LogP contribution in [0.3, 0.4) is 0 Å². The van der Waals surface area contributed by atoms with Crippen LogP contribution in [0.1, 0.15) is 46.5 Å². The maximum atomic E-state index is 10.1. The Labute approximate surface area is 94.7 Å². The Kier molecular flexibility index (Phi) is 5.07. The molecule has 1 fully saturated rings. The van der Waals surface area contributed by atoms with Gasteiger partial charge in [0, 0.05) is 6.04 Å². The van der Waals surface area contributed by atoms with Crippen LogP contribution in [0, 0.1) is 11.8 Å². The minimum absolute atomic E-state index is 0.120. The van der Waals surface area contributed by atoms with Gasteiger partial charge in [0.1, 0.15) is 0 Å². The van der Waals surface area contributed by atoms with Crippen LogP contribution in [-0.2, 0) is 0 Å². The van der Waals surface area contributed by atoms with Crippen molar-refractivity contribution < 1.29 is 5.11 Å². The Morgan fingerprint density at radius 2 is 1.93 bits per heavy atom. The maximum absolute atomic E-state index is 10.1. The number of nitrogens with zero attached hydrogens (tertiary/aromatic N) is 1. The van der Waals surface area contributed by atoms with Crippen molar-refractivity contribution in [1.82, 2.24) is 4.90 Å². The molecule has 15 heavy (non-hydrogen) atoms. The normalized spacial score (nSPS) is 37.2. The first-order valence-corrected chi connectivity index (χ1v) is 6.44. The summed E-state index contributed by atoms with van der Waals surface area (Å²) >= 11 is 0. The smallest absolute Gasteiger partial charge is 0.0700 e. The number of hydrogen-bond donors (Lipinski definition) is 1. The molecule has 2 heteroatoms. The van der Waals surface area contributed by atoms with Crippen molar-refractivity contribution in [2.75, 3.05) is 13.6 Å². The molecule has 4 unspecified atom stereocenters. The predicted octanol–water partition coefficient (Wildman–Crippen LogP) is 2.51. The van der Waals surface area contributed by atoms with Crippen molar-refractivity contribution >= 4 is 0 Å². The first kappa shape index (κ1) is 13.0. The van der Waals surface area contributed by atoms with Crippen molar-refractivity contribution in [1.29, 1.82) is 0 Å². The zero-order valence-electron chi connectivity index (χ0n) is 10.7. The van der Waals surface area contributed by atoms with Crippen LogP contribution in [0.5, 0.6) is 0 Å². The highest BCUT2D eigenvalue weighted by Gasteiger charge is 2.34. The second-order valence-electron chi connectivity index (χ2n) is 5.45. The van der Waals surface area contributed by atoms with Gasteiger partial charge in [0.25, 0.3) is 0 Å². The molecule has 0 amide bonds. The Morgan fingerprint density at radius 1 is 1.27 bits per heavy atom. The van der Waals surface area contributed by atoms with Gasteiger partial charge in [-0.3, -0.25) is 0 Å². The fourth-order valence-electron chi connectivity index (χ4n) is 3.09. The van der Waals surface area contributed by atoms with E-state index in [1.54, 1.807) is 0 Å². The molecule has 0 radical (unpaired) electrons. The summed E-state index contributed by atoms with van der Waals surface area (Å²) in [4.78, 5) is 2.37. The van der Waals surface area contributed by atoms with Gasteiger partial charge in [-0.1, -0.05) is 27.2 Å². The highest BCUT2D eigenvalue weighted by molar-refractivity contribution is 4.88. The molecule has 1 rings (SSSR count). The van der Waals surface area contributed by atoms with Crippen molar-refractivity contribution in [3.63, 3.8) is 0 Å². The molecule has 0 bridgehead atoms. The lowest BCUT2D eigenvalue weighted by Crippen LogP contribution is -2.49. The summed E-state index contributed by atoms with van der Waals surface area (Å²) in [5, 5.41) is 10.1. The summed E-state index contributed by atoms with van der Waals surface area (Å²) in [6.07, 6.45) is 4.59. The molecular formula is C13H27NO. The van der Waals surface area contributed by atoms with Crippen LogP contribution in [0.2, 0.25) is 0 Å². The molecule has 2 nitrogen and oxygen atoms in total. The lowest BCUT2D eigenvalue weighted by atomic mass is 9.77. The molecule has 1 saturated carbocycles. The first-order chi connectivity index (χ1) is 7.06. The zero-order valence-corrected chi connectivity index (χ0v) is 10.7. The molecule has 4 atom stereocenters. The van der Waals surface area contributed by atoms with Crippen molar-refractivity contribution in [3.8, 4) is 0 Å². The number of unbranched alkanes of at least 4 members (excludes halogenated alkanes) is 1. The first-order valence-electron chi connectivity index (χ1n) is 6.44. The molecule has 0 aromatic rings. The van der Waals surface area contributed by atoms with Crippen molar-refractivity contribution in [2.45, 2.75) is 58.6 Å². The molecule has 0 aliphatic heterocycles. The van der Waals surface area contributed by atoms with Crippen LogP contribution >= 0.6 is 0 Å². The predicted molar refractivity (Wildman–Crippen MR) is 64.9 cm³/mol. The average Bonchev–Trinajstić information content (AvgIpc) is 2.12. The minimum Gasteiger partial charge on any atom is -0.391 e. The summed E-state index contributed by atoms with van der Waals surface area (Å²) in [6.45, 7) is 7.88. The molecule has 0 saturated heterocycles. The number of aliphatic hydroxyl groups is 1.